The number of pyridine rings is 1. The van der Waals surface area contributed by atoms with Crippen LogP contribution in [-0.2, 0) is 0 Å². The molecule has 1 aromatic heterocycles. The third-order valence-electron chi connectivity index (χ3n) is 2.72. The number of rotatable bonds is 4. The minimum Gasteiger partial charge on any atom is -0.399 e. The van der Waals surface area contributed by atoms with Gasteiger partial charge in [0.05, 0.1) is 0 Å². The minimum absolute atomic E-state index is 0.758. The van der Waals surface area contributed by atoms with Crippen LogP contribution in [0, 0.1) is 0 Å². The maximum Gasteiger partial charge on any atom is 0.127 e. The SMILES string of the molecule is Nc1ccnc(NCCN2CCCC2)c1. The Morgan fingerprint density at radius 3 is 2.93 bits per heavy atom. The van der Waals surface area contributed by atoms with Crippen LogP contribution in [-0.4, -0.2) is 36.1 Å². The van der Waals surface area contributed by atoms with Gasteiger partial charge in [-0.2, -0.15) is 0 Å². The van der Waals surface area contributed by atoms with E-state index in [9.17, 15) is 0 Å². The largest absolute Gasteiger partial charge is 0.399 e. The second kappa shape index (κ2) is 4.98. The van der Waals surface area contributed by atoms with E-state index in [1.807, 2.05) is 6.07 Å². The van der Waals surface area contributed by atoms with Gasteiger partial charge in [-0.1, -0.05) is 0 Å². The highest BCUT2D eigenvalue weighted by molar-refractivity contribution is 5.48. The summed E-state index contributed by atoms with van der Waals surface area (Å²) in [6.45, 7) is 4.52. The molecule has 0 aromatic carbocycles. The summed E-state index contributed by atoms with van der Waals surface area (Å²) in [5.41, 5.74) is 6.42. The lowest BCUT2D eigenvalue weighted by atomic mass is 10.4. The summed E-state index contributed by atoms with van der Waals surface area (Å²) < 4.78 is 0. The second-order valence-electron chi connectivity index (χ2n) is 3.95. The van der Waals surface area contributed by atoms with Crippen molar-refractivity contribution in [2.24, 2.45) is 0 Å². The van der Waals surface area contributed by atoms with Crippen molar-refractivity contribution in [3.63, 3.8) is 0 Å². The summed E-state index contributed by atoms with van der Waals surface area (Å²) in [7, 11) is 0. The molecule has 1 fully saturated rings. The van der Waals surface area contributed by atoms with E-state index < -0.39 is 0 Å². The van der Waals surface area contributed by atoms with Gasteiger partial charge < -0.3 is 16.0 Å². The van der Waals surface area contributed by atoms with Gasteiger partial charge in [-0.3, -0.25) is 0 Å². The van der Waals surface area contributed by atoms with Crippen molar-refractivity contribution >= 4 is 11.5 Å². The fourth-order valence-electron chi connectivity index (χ4n) is 1.89. The molecule has 0 spiro atoms. The highest BCUT2D eigenvalue weighted by Crippen LogP contribution is 2.09. The van der Waals surface area contributed by atoms with Crippen LogP contribution in [0.15, 0.2) is 18.3 Å². The van der Waals surface area contributed by atoms with Gasteiger partial charge in [0.2, 0.25) is 0 Å². The van der Waals surface area contributed by atoms with Gasteiger partial charge in [0.25, 0.3) is 0 Å². The molecule has 1 saturated heterocycles. The Balaban J connectivity index is 1.73. The smallest absolute Gasteiger partial charge is 0.127 e. The molecule has 82 valence electrons. The van der Waals surface area contributed by atoms with Crippen LogP contribution in [0.2, 0.25) is 0 Å². The van der Waals surface area contributed by atoms with Crippen molar-refractivity contribution in [2.75, 3.05) is 37.2 Å². The molecule has 3 N–H and O–H groups in total. The third-order valence-corrected chi connectivity index (χ3v) is 2.72. The van der Waals surface area contributed by atoms with Crippen LogP contribution in [0.1, 0.15) is 12.8 Å². The molecule has 1 aliphatic rings. The van der Waals surface area contributed by atoms with Crippen LogP contribution in [0.25, 0.3) is 0 Å². The number of aromatic nitrogens is 1. The summed E-state index contributed by atoms with van der Waals surface area (Å²) in [5.74, 6) is 0.870. The summed E-state index contributed by atoms with van der Waals surface area (Å²) in [6, 6.07) is 3.66. The Kier molecular flexibility index (Phi) is 3.40. The first-order valence-corrected chi connectivity index (χ1v) is 5.52. The highest BCUT2D eigenvalue weighted by atomic mass is 15.2. The molecule has 4 heteroatoms. The molecule has 0 aliphatic carbocycles. The lowest BCUT2D eigenvalue weighted by Crippen LogP contribution is -2.26. The lowest BCUT2D eigenvalue weighted by molar-refractivity contribution is 0.352. The van der Waals surface area contributed by atoms with Crippen LogP contribution in [0.3, 0.4) is 0 Å². The molecule has 0 saturated carbocycles. The number of hydrogen-bond acceptors (Lipinski definition) is 4. The van der Waals surface area contributed by atoms with Gasteiger partial charge in [-0.15, -0.1) is 0 Å². The average Bonchev–Trinajstić information content (AvgIpc) is 2.71. The number of anilines is 2. The Hall–Kier alpha value is -1.29. The molecule has 2 rings (SSSR count). The molecule has 0 bridgehead atoms. The zero-order valence-corrected chi connectivity index (χ0v) is 8.95. The maximum atomic E-state index is 5.66. The number of nitrogen functional groups attached to an aromatic ring is 1. The zero-order chi connectivity index (χ0) is 10.5. The van der Waals surface area contributed by atoms with Crippen LogP contribution in [0.4, 0.5) is 11.5 Å². The molecule has 15 heavy (non-hydrogen) atoms. The predicted molar refractivity (Wildman–Crippen MR) is 62.8 cm³/mol. The number of nitrogens with zero attached hydrogens (tertiary/aromatic N) is 2. The van der Waals surface area contributed by atoms with Crippen molar-refractivity contribution in [3.05, 3.63) is 18.3 Å². The quantitative estimate of drug-likeness (QED) is 0.776. The number of hydrogen-bond donors (Lipinski definition) is 2. The van der Waals surface area contributed by atoms with E-state index in [1.54, 1.807) is 12.3 Å². The molecule has 1 aromatic rings. The van der Waals surface area contributed by atoms with E-state index in [0.717, 1.165) is 24.6 Å². The predicted octanol–water partition coefficient (Wildman–Crippen LogP) is 1.17. The molecule has 0 amide bonds. The first-order valence-electron chi connectivity index (χ1n) is 5.52. The Morgan fingerprint density at radius 1 is 1.40 bits per heavy atom. The van der Waals surface area contributed by atoms with E-state index in [-0.39, 0.29) is 0 Å². The molecule has 1 aliphatic heterocycles. The fraction of sp³-hybridized carbons (Fsp3) is 0.545. The van der Waals surface area contributed by atoms with E-state index in [2.05, 4.69) is 15.2 Å². The van der Waals surface area contributed by atoms with Gasteiger partial charge >= 0.3 is 0 Å². The summed E-state index contributed by atoms with van der Waals surface area (Å²) in [6.07, 6.45) is 4.42. The van der Waals surface area contributed by atoms with E-state index in [0.29, 0.717) is 0 Å². The van der Waals surface area contributed by atoms with Gasteiger partial charge in [-0.05, 0) is 32.0 Å². The highest BCUT2D eigenvalue weighted by Gasteiger charge is 2.10. The Labute approximate surface area is 90.5 Å². The first-order chi connectivity index (χ1) is 7.34. The summed E-state index contributed by atoms with van der Waals surface area (Å²) >= 11 is 0. The Morgan fingerprint density at radius 2 is 2.20 bits per heavy atom. The minimum atomic E-state index is 0.758. The van der Waals surface area contributed by atoms with Gasteiger partial charge in [0, 0.05) is 31.0 Å². The standard InChI is InChI=1S/C11H18N4/c12-10-3-4-13-11(9-10)14-5-8-15-6-1-2-7-15/h3-4,9H,1-2,5-8H2,(H3,12,13,14). The normalized spacial score (nSPS) is 16.8. The van der Waals surface area contributed by atoms with Crippen molar-refractivity contribution in [1.82, 2.24) is 9.88 Å². The number of likely N-dealkylation sites (tertiary alicyclic amines) is 1. The molecular weight excluding hydrogens is 188 g/mol. The van der Waals surface area contributed by atoms with Gasteiger partial charge in [0.1, 0.15) is 5.82 Å². The summed E-state index contributed by atoms with van der Waals surface area (Å²) in [5, 5.41) is 3.28. The monoisotopic (exact) mass is 206 g/mol. The third kappa shape index (κ3) is 3.09. The average molecular weight is 206 g/mol. The fourth-order valence-corrected chi connectivity index (χ4v) is 1.89. The van der Waals surface area contributed by atoms with E-state index in [4.69, 9.17) is 5.73 Å². The van der Waals surface area contributed by atoms with Crippen LogP contribution < -0.4 is 11.1 Å². The topological polar surface area (TPSA) is 54.2 Å². The van der Waals surface area contributed by atoms with Crippen molar-refractivity contribution in [1.29, 1.82) is 0 Å². The Bertz CT molecular complexity index is 307. The number of nitrogens with two attached hydrogens (primary N) is 1. The molecule has 0 atom stereocenters. The maximum absolute atomic E-state index is 5.66. The van der Waals surface area contributed by atoms with E-state index in [1.165, 1.54) is 25.9 Å². The molecule has 2 heterocycles. The van der Waals surface area contributed by atoms with Gasteiger partial charge in [0.15, 0.2) is 0 Å². The van der Waals surface area contributed by atoms with Crippen molar-refractivity contribution in [2.45, 2.75) is 12.8 Å². The van der Waals surface area contributed by atoms with Crippen molar-refractivity contribution < 1.29 is 0 Å². The molecular formula is C11H18N4. The molecule has 4 nitrogen and oxygen atoms in total. The molecule has 0 unspecified atom stereocenters. The van der Waals surface area contributed by atoms with Crippen molar-refractivity contribution in [3.8, 4) is 0 Å². The molecule has 0 radical (unpaired) electrons. The van der Waals surface area contributed by atoms with Gasteiger partial charge in [-0.25, -0.2) is 4.98 Å². The van der Waals surface area contributed by atoms with Crippen LogP contribution >= 0.6 is 0 Å². The second-order valence-corrected chi connectivity index (χ2v) is 3.95. The lowest BCUT2D eigenvalue weighted by Gasteiger charge is -2.14. The first kappa shape index (κ1) is 10.2. The zero-order valence-electron chi connectivity index (χ0n) is 8.95. The number of nitrogens with one attached hydrogen (secondary N) is 1. The van der Waals surface area contributed by atoms with E-state index >= 15 is 0 Å². The summed E-state index contributed by atoms with van der Waals surface area (Å²) in [4.78, 5) is 6.67. The van der Waals surface area contributed by atoms with Crippen LogP contribution in [0.5, 0.6) is 0 Å².